The van der Waals surface area contributed by atoms with Crippen LogP contribution in [0, 0.1) is 5.92 Å². The van der Waals surface area contributed by atoms with Crippen LogP contribution in [0.4, 0.5) is 11.5 Å². The van der Waals surface area contributed by atoms with Crippen LogP contribution in [0.1, 0.15) is 39.2 Å². The summed E-state index contributed by atoms with van der Waals surface area (Å²) in [6.07, 6.45) is 3.44. The number of benzene rings is 1. The van der Waals surface area contributed by atoms with Gasteiger partial charge >= 0.3 is 0 Å². The number of hydrogen-bond donors (Lipinski definition) is 1. The Labute approximate surface area is 164 Å². The van der Waals surface area contributed by atoms with Crippen molar-refractivity contribution < 1.29 is 4.79 Å². The smallest absolute Gasteiger partial charge is 0.229 e. The fraction of sp³-hybridized carbons (Fsp3) is 0.429. The SMILES string of the molecule is CC(C)(C)c1ccc(NC(=O)C2CCCN(c3ccc4nncn4n3)C2)cc1. The van der Waals surface area contributed by atoms with Crippen LogP contribution < -0.4 is 10.2 Å². The first-order valence-corrected chi connectivity index (χ1v) is 9.73. The molecule has 1 aromatic carbocycles. The van der Waals surface area contributed by atoms with Crippen LogP contribution >= 0.6 is 0 Å². The predicted molar refractivity (Wildman–Crippen MR) is 109 cm³/mol. The molecule has 3 heterocycles. The van der Waals surface area contributed by atoms with Crippen molar-refractivity contribution >= 4 is 23.1 Å². The van der Waals surface area contributed by atoms with Crippen molar-refractivity contribution in [3.63, 3.8) is 0 Å². The van der Waals surface area contributed by atoms with Gasteiger partial charge in [0.25, 0.3) is 0 Å². The van der Waals surface area contributed by atoms with E-state index in [0.717, 1.165) is 30.9 Å². The number of anilines is 2. The van der Waals surface area contributed by atoms with Crippen LogP contribution in [0.2, 0.25) is 0 Å². The van der Waals surface area contributed by atoms with Gasteiger partial charge in [-0.05, 0) is 48.1 Å². The first-order valence-electron chi connectivity index (χ1n) is 9.73. The van der Waals surface area contributed by atoms with Gasteiger partial charge in [0.15, 0.2) is 5.65 Å². The summed E-state index contributed by atoms with van der Waals surface area (Å²) in [5, 5.41) is 15.5. The predicted octanol–water partition coefficient (Wildman–Crippen LogP) is 3.28. The zero-order valence-electron chi connectivity index (χ0n) is 16.6. The number of carbonyl (C=O) groups excluding carboxylic acids is 1. The van der Waals surface area contributed by atoms with Crippen LogP contribution in [-0.2, 0) is 10.2 Å². The highest BCUT2D eigenvalue weighted by molar-refractivity contribution is 5.93. The van der Waals surface area contributed by atoms with Crippen LogP contribution in [-0.4, -0.2) is 38.8 Å². The van der Waals surface area contributed by atoms with E-state index in [0.29, 0.717) is 12.2 Å². The summed E-state index contributed by atoms with van der Waals surface area (Å²) in [6.45, 7) is 8.10. The normalized spacial score (nSPS) is 17.7. The van der Waals surface area contributed by atoms with Crippen LogP contribution in [0.25, 0.3) is 5.65 Å². The molecular weight excluding hydrogens is 352 g/mol. The number of rotatable bonds is 3. The van der Waals surface area contributed by atoms with E-state index < -0.39 is 0 Å². The quantitative estimate of drug-likeness (QED) is 0.757. The second-order valence-corrected chi connectivity index (χ2v) is 8.43. The third-order valence-corrected chi connectivity index (χ3v) is 5.28. The molecule has 1 aliphatic rings. The molecule has 0 bridgehead atoms. The maximum Gasteiger partial charge on any atom is 0.229 e. The van der Waals surface area contributed by atoms with Crippen LogP contribution in [0.3, 0.4) is 0 Å². The summed E-state index contributed by atoms with van der Waals surface area (Å²) in [4.78, 5) is 15.0. The fourth-order valence-corrected chi connectivity index (χ4v) is 3.58. The molecule has 4 rings (SSSR count). The number of amides is 1. The first-order chi connectivity index (χ1) is 13.4. The lowest BCUT2D eigenvalue weighted by molar-refractivity contribution is -0.120. The average Bonchev–Trinajstić information content (AvgIpc) is 3.15. The molecule has 1 N–H and O–H groups in total. The lowest BCUT2D eigenvalue weighted by Crippen LogP contribution is -2.41. The molecule has 1 saturated heterocycles. The number of fused-ring (bicyclic) bond motifs is 1. The van der Waals surface area contributed by atoms with E-state index in [4.69, 9.17) is 0 Å². The Balaban J connectivity index is 1.43. The molecular formula is C21H26N6O. The molecule has 7 heteroatoms. The summed E-state index contributed by atoms with van der Waals surface area (Å²) < 4.78 is 1.66. The van der Waals surface area contributed by atoms with E-state index in [1.807, 2.05) is 24.3 Å². The van der Waals surface area contributed by atoms with Crippen molar-refractivity contribution in [3.8, 4) is 0 Å². The van der Waals surface area contributed by atoms with E-state index in [9.17, 15) is 4.79 Å². The van der Waals surface area contributed by atoms with Crippen molar-refractivity contribution in [3.05, 3.63) is 48.3 Å². The highest BCUT2D eigenvalue weighted by Crippen LogP contribution is 2.25. The van der Waals surface area contributed by atoms with Crippen molar-refractivity contribution in [1.82, 2.24) is 19.8 Å². The molecule has 0 radical (unpaired) electrons. The monoisotopic (exact) mass is 378 g/mol. The molecule has 0 aliphatic carbocycles. The van der Waals surface area contributed by atoms with Gasteiger partial charge in [-0.1, -0.05) is 32.9 Å². The topological polar surface area (TPSA) is 75.4 Å². The Morgan fingerprint density at radius 1 is 1.14 bits per heavy atom. The molecule has 146 valence electrons. The highest BCUT2D eigenvalue weighted by atomic mass is 16.1. The molecule has 1 amide bonds. The lowest BCUT2D eigenvalue weighted by Gasteiger charge is -2.32. The van der Waals surface area contributed by atoms with E-state index >= 15 is 0 Å². The minimum absolute atomic E-state index is 0.0607. The van der Waals surface area contributed by atoms with Gasteiger partial charge in [-0.25, -0.2) is 0 Å². The number of carbonyl (C=O) groups is 1. The van der Waals surface area contributed by atoms with Gasteiger partial charge in [0.2, 0.25) is 5.91 Å². The Kier molecular flexibility index (Phi) is 4.75. The summed E-state index contributed by atoms with van der Waals surface area (Å²) in [5.74, 6) is 0.854. The molecule has 3 aromatic rings. The maximum atomic E-state index is 12.8. The number of aromatic nitrogens is 4. The zero-order valence-corrected chi connectivity index (χ0v) is 16.6. The molecule has 1 fully saturated rings. The van der Waals surface area contributed by atoms with E-state index in [1.165, 1.54) is 5.56 Å². The average molecular weight is 378 g/mol. The van der Waals surface area contributed by atoms with Gasteiger partial charge < -0.3 is 10.2 Å². The largest absolute Gasteiger partial charge is 0.354 e. The first kappa shape index (κ1) is 18.4. The van der Waals surface area contributed by atoms with Crippen LogP contribution in [0.5, 0.6) is 0 Å². The number of piperidine rings is 1. The highest BCUT2D eigenvalue weighted by Gasteiger charge is 2.27. The van der Waals surface area contributed by atoms with Gasteiger partial charge in [0, 0.05) is 18.8 Å². The van der Waals surface area contributed by atoms with Gasteiger partial charge in [-0.15, -0.1) is 15.3 Å². The van der Waals surface area contributed by atoms with Gasteiger partial charge in [0.05, 0.1) is 5.92 Å². The number of nitrogens with zero attached hydrogens (tertiary/aromatic N) is 5. The van der Waals surface area contributed by atoms with Crippen molar-refractivity contribution in [1.29, 1.82) is 0 Å². The summed E-state index contributed by atoms with van der Waals surface area (Å²) >= 11 is 0. The van der Waals surface area contributed by atoms with E-state index in [1.54, 1.807) is 10.8 Å². The summed E-state index contributed by atoms with van der Waals surface area (Å²) in [7, 11) is 0. The standard InChI is InChI=1S/C21H26N6O/c1-21(2,3)16-6-8-17(9-7-16)23-20(28)15-5-4-12-26(13-15)19-11-10-18-24-22-14-27(18)25-19/h6-11,14-15H,4-5,12-13H2,1-3H3,(H,23,28). The molecule has 0 saturated carbocycles. The van der Waals surface area contributed by atoms with Gasteiger partial charge in [-0.2, -0.15) is 4.52 Å². The summed E-state index contributed by atoms with van der Waals surface area (Å²) in [5.41, 5.74) is 2.92. The number of nitrogens with one attached hydrogen (secondary N) is 1. The van der Waals surface area contributed by atoms with E-state index in [2.05, 4.69) is 58.4 Å². The summed E-state index contributed by atoms with van der Waals surface area (Å²) in [6, 6.07) is 12.0. The Hall–Kier alpha value is -2.96. The zero-order chi connectivity index (χ0) is 19.7. The van der Waals surface area contributed by atoms with Crippen LogP contribution in [0.15, 0.2) is 42.7 Å². The molecule has 1 atom stereocenters. The van der Waals surface area contributed by atoms with Crippen molar-refractivity contribution in [2.75, 3.05) is 23.3 Å². The van der Waals surface area contributed by atoms with Gasteiger partial charge in [0.1, 0.15) is 12.1 Å². The second-order valence-electron chi connectivity index (χ2n) is 8.43. The second kappa shape index (κ2) is 7.22. The Bertz CT molecular complexity index is 972. The van der Waals surface area contributed by atoms with E-state index in [-0.39, 0.29) is 17.2 Å². The molecule has 0 spiro atoms. The van der Waals surface area contributed by atoms with Crippen molar-refractivity contribution in [2.45, 2.75) is 39.0 Å². The minimum Gasteiger partial charge on any atom is -0.354 e. The third-order valence-electron chi connectivity index (χ3n) is 5.28. The van der Waals surface area contributed by atoms with Crippen molar-refractivity contribution in [2.24, 2.45) is 5.92 Å². The third kappa shape index (κ3) is 3.83. The maximum absolute atomic E-state index is 12.8. The van der Waals surface area contributed by atoms with Gasteiger partial charge in [-0.3, -0.25) is 4.79 Å². The lowest BCUT2D eigenvalue weighted by atomic mass is 9.87. The molecule has 1 unspecified atom stereocenters. The molecule has 7 nitrogen and oxygen atoms in total. The fourth-order valence-electron chi connectivity index (χ4n) is 3.58. The Morgan fingerprint density at radius 2 is 1.93 bits per heavy atom. The molecule has 1 aliphatic heterocycles. The number of hydrogen-bond acceptors (Lipinski definition) is 5. The molecule has 28 heavy (non-hydrogen) atoms. The Morgan fingerprint density at radius 3 is 2.68 bits per heavy atom. The minimum atomic E-state index is -0.0607. The molecule has 2 aromatic heterocycles.